The molecule has 1 aromatic carbocycles. The molecule has 0 radical (unpaired) electrons. The monoisotopic (exact) mass is 513 g/mol. The molecule has 1 saturated carbocycles. The fraction of sp³-hybridized carbons (Fsp3) is 0.679. The maximum atomic E-state index is 14.1. The van der Waals surface area contributed by atoms with E-state index in [0.29, 0.717) is 13.0 Å². The maximum absolute atomic E-state index is 14.1. The minimum Gasteiger partial charge on any atom is -0.396 e. The number of nitrogens with one attached hydrogen (secondary N) is 2. The summed E-state index contributed by atoms with van der Waals surface area (Å²) in [6.45, 7) is 2.78. The SMILES string of the molecule is CC1C[C@H]2SC13C(C(=O)NC1CCCCC1)N(CCCCCO)C(=O)[C@@H]3[C@H]2C(=O)Nc1ccccc1. The van der Waals surface area contributed by atoms with E-state index in [0.717, 1.165) is 50.6 Å². The minimum absolute atomic E-state index is 0.0379. The van der Waals surface area contributed by atoms with Crippen LogP contribution >= 0.6 is 11.8 Å². The summed E-state index contributed by atoms with van der Waals surface area (Å²) in [4.78, 5) is 43.4. The second-order valence-electron chi connectivity index (χ2n) is 11.1. The first kappa shape index (κ1) is 25.6. The van der Waals surface area contributed by atoms with Gasteiger partial charge in [0.15, 0.2) is 0 Å². The van der Waals surface area contributed by atoms with Gasteiger partial charge in [-0.15, -0.1) is 11.8 Å². The van der Waals surface area contributed by atoms with Crippen LogP contribution in [0.1, 0.15) is 64.7 Å². The van der Waals surface area contributed by atoms with Crippen molar-refractivity contribution in [2.24, 2.45) is 17.8 Å². The topological polar surface area (TPSA) is 98.7 Å². The highest BCUT2D eigenvalue weighted by atomic mass is 32.2. The third-order valence-corrected chi connectivity index (χ3v) is 10.9. The van der Waals surface area contributed by atoms with Crippen LogP contribution in [0.25, 0.3) is 0 Å². The molecule has 1 aliphatic carbocycles. The third-order valence-electron chi connectivity index (χ3n) is 8.85. The Bertz CT molecular complexity index is 969. The highest BCUT2D eigenvalue weighted by Gasteiger charge is 2.75. The lowest BCUT2D eigenvalue weighted by Crippen LogP contribution is -2.57. The van der Waals surface area contributed by atoms with E-state index >= 15 is 0 Å². The van der Waals surface area contributed by atoms with Crippen LogP contribution in [0.15, 0.2) is 30.3 Å². The number of carbonyl (C=O) groups is 3. The van der Waals surface area contributed by atoms with Gasteiger partial charge in [-0.1, -0.05) is 44.4 Å². The molecule has 2 bridgehead atoms. The Morgan fingerprint density at radius 1 is 1.08 bits per heavy atom. The van der Waals surface area contributed by atoms with E-state index in [-0.39, 0.29) is 41.5 Å². The number of fused-ring (bicyclic) bond motifs is 1. The van der Waals surface area contributed by atoms with E-state index in [1.807, 2.05) is 30.3 Å². The second kappa shape index (κ2) is 10.7. The fourth-order valence-corrected chi connectivity index (χ4v) is 9.63. The molecule has 3 heterocycles. The fourth-order valence-electron chi connectivity index (χ4n) is 7.21. The van der Waals surface area contributed by atoms with Gasteiger partial charge in [0.2, 0.25) is 17.7 Å². The van der Waals surface area contributed by atoms with Gasteiger partial charge >= 0.3 is 0 Å². The Kier molecular flexibility index (Phi) is 7.63. The molecule has 7 nitrogen and oxygen atoms in total. The molecule has 3 unspecified atom stereocenters. The van der Waals surface area contributed by atoms with Crippen LogP contribution in [0.5, 0.6) is 0 Å². The average Bonchev–Trinajstić information content (AvgIpc) is 3.47. The molecule has 6 atom stereocenters. The highest BCUT2D eigenvalue weighted by Crippen LogP contribution is 2.68. The Morgan fingerprint density at radius 2 is 1.83 bits per heavy atom. The molecule has 5 rings (SSSR count). The molecule has 8 heteroatoms. The van der Waals surface area contributed by atoms with Crippen molar-refractivity contribution < 1.29 is 19.5 Å². The van der Waals surface area contributed by atoms with Crippen molar-refractivity contribution in [3.63, 3.8) is 0 Å². The first-order valence-electron chi connectivity index (χ1n) is 13.7. The molecule has 3 N–H and O–H groups in total. The van der Waals surface area contributed by atoms with E-state index < -0.39 is 22.6 Å². The van der Waals surface area contributed by atoms with Crippen LogP contribution in [-0.2, 0) is 14.4 Å². The first-order valence-corrected chi connectivity index (χ1v) is 14.6. The van der Waals surface area contributed by atoms with Crippen molar-refractivity contribution >= 4 is 35.2 Å². The third kappa shape index (κ3) is 4.44. The number of unbranched alkanes of at least 4 members (excludes halogenated alkanes) is 2. The van der Waals surface area contributed by atoms with Crippen LogP contribution in [-0.4, -0.2) is 63.0 Å². The highest BCUT2D eigenvalue weighted by molar-refractivity contribution is 8.02. The summed E-state index contributed by atoms with van der Waals surface area (Å²) in [5.41, 5.74) is 0.732. The van der Waals surface area contributed by atoms with E-state index in [4.69, 9.17) is 0 Å². The molecular formula is C28H39N3O4S. The number of nitrogens with zero attached hydrogens (tertiary/aromatic N) is 1. The summed E-state index contributed by atoms with van der Waals surface area (Å²) in [6.07, 6.45) is 8.52. The summed E-state index contributed by atoms with van der Waals surface area (Å²) >= 11 is 1.73. The largest absolute Gasteiger partial charge is 0.396 e. The van der Waals surface area contributed by atoms with Crippen molar-refractivity contribution in [2.75, 3.05) is 18.5 Å². The van der Waals surface area contributed by atoms with Gasteiger partial charge in [0.05, 0.1) is 16.6 Å². The summed E-state index contributed by atoms with van der Waals surface area (Å²) in [5.74, 6) is -0.945. The molecule has 4 fully saturated rings. The number of aliphatic hydroxyl groups excluding tert-OH is 1. The number of hydrogen-bond donors (Lipinski definition) is 3. The second-order valence-corrected chi connectivity index (χ2v) is 12.6. The number of anilines is 1. The molecule has 1 spiro atoms. The van der Waals surface area contributed by atoms with Crippen LogP contribution in [0.2, 0.25) is 0 Å². The number of hydrogen-bond acceptors (Lipinski definition) is 5. The number of benzene rings is 1. The number of para-hydroxylation sites is 1. The smallest absolute Gasteiger partial charge is 0.244 e. The Labute approximate surface area is 218 Å². The van der Waals surface area contributed by atoms with E-state index in [1.54, 1.807) is 16.7 Å². The number of likely N-dealkylation sites (tertiary alicyclic amines) is 1. The lowest BCUT2D eigenvalue weighted by atomic mass is 9.65. The van der Waals surface area contributed by atoms with Gasteiger partial charge in [0.25, 0.3) is 0 Å². The molecule has 3 saturated heterocycles. The van der Waals surface area contributed by atoms with Crippen molar-refractivity contribution in [3.05, 3.63) is 30.3 Å². The Balaban J connectivity index is 1.43. The van der Waals surface area contributed by atoms with Crippen LogP contribution < -0.4 is 10.6 Å². The lowest BCUT2D eigenvalue weighted by molar-refractivity contribution is -0.139. The molecule has 36 heavy (non-hydrogen) atoms. The summed E-state index contributed by atoms with van der Waals surface area (Å²) < 4.78 is -0.573. The molecule has 1 aromatic rings. The number of amides is 3. The standard InChI is InChI=1S/C28H39N3O4S/c1-18-17-21-22(25(33)29-19-11-5-2-6-12-19)23-27(35)31(15-9-4-10-16-32)24(28(18,23)36-21)26(34)30-20-13-7-3-8-14-20/h2,5-6,11-12,18,20-24,32H,3-4,7-10,13-17H2,1H3,(H,29,33)(H,30,34)/t18?,21-,22+,23+,24?,28?/m1/s1. The zero-order valence-corrected chi connectivity index (χ0v) is 22.0. The van der Waals surface area contributed by atoms with Crippen molar-refractivity contribution in [2.45, 2.75) is 86.8 Å². The zero-order chi connectivity index (χ0) is 25.3. The van der Waals surface area contributed by atoms with Gasteiger partial charge in [0.1, 0.15) is 6.04 Å². The van der Waals surface area contributed by atoms with E-state index in [2.05, 4.69) is 17.6 Å². The Morgan fingerprint density at radius 3 is 2.56 bits per heavy atom. The predicted octanol–water partition coefficient (Wildman–Crippen LogP) is 3.57. The molecule has 4 aliphatic rings. The predicted molar refractivity (Wildman–Crippen MR) is 141 cm³/mol. The summed E-state index contributed by atoms with van der Waals surface area (Å²) in [7, 11) is 0. The first-order chi connectivity index (χ1) is 17.5. The molecule has 196 valence electrons. The number of carbonyl (C=O) groups excluding carboxylic acids is 3. The minimum atomic E-state index is -0.573. The normalized spacial score (nSPS) is 33.6. The molecule has 3 amide bonds. The van der Waals surface area contributed by atoms with Crippen LogP contribution in [0.3, 0.4) is 0 Å². The molecule has 0 aromatic heterocycles. The van der Waals surface area contributed by atoms with Crippen LogP contribution in [0.4, 0.5) is 5.69 Å². The van der Waals surface area contributed by atoms with E-state index in [9.17, 15) is 19.5 Å². The van der Waals surface area contributed by atoms with Crippen molar-refractivity contribution in [3.8, 4) is 0 Å². The quantitative estimate of drug-likeness (QED) is 0.439. The molecule has 3 aliphatic heterocycles. The van der Waals surface area contributed by atoms with Gasteiger partial charge in [-0.2, -0.15) is 0 Å². The zero-order valence-electron chi connectivity index (χ0n) is 21.2. The number of aliphatic hydroxyl groups is 1. The number of thioether (sulfide) groups is 1. The van der Waals surface area contributed by atoms with Gasteiger partial charge in [-0.25, -0.2) is 0 Å². The van der Waals surface area contributed by atoms with Gasteiger partial charge < -0.3 is 20.6 Å². The lowest BCUT2D eigenvalue weighted by Gasteiger charge is -2.39. The Hall–Kier alpha value is -2.06. The average molecular weight is 514 g/mol. The molecular weight excluding hydrogens is 474 g/mol. The van der Waals surface area contributed by atoms with Crippen molar-refractivity contribution in [1.82, 2.24) is 10.2 Å². The van der Waals surface area contributed by atoms with Crippen molar-refractivity contribution in [1.29, 1.82) is 0 Å². The van der Waals surface area contributed by atoms with E-state index in [1.165, 1.54) is 6.42 Å². The van der Waals surface area contributed by atoms with Crippen LogP contribution in [0, 0.1) is 17.8 Å². The number of rotatable bonds is 9. The summed E-state index contributed by atoms with van der Waals surface area (Å²) in [5, 5.41) is 15.6. The van der Waals surface area contributed by atoms with Gasteiger partial charge in [-0.05, 0) is 56.6 Å². The summed E-state index contributed by atoms with van der Waals surface area (Å²) in [6, 6.07) is 9.02. The maximum Gasteiger partial charge on any atom is 0.244 e. The van der Waals surface area contributed by atoms with Gasteiger partial charge in [0, 0.05) is 30.1 Å². The van der Waals surface area contributed by atoms with Gasteiger partial charge in [-0.3, -0.25) is 14.4 Å².